The van der Waals surface area contributed by atoms with Gasteiger partial charge < -0.3 is 13.4 Å². The van der Waals surface area contributed by atoms with Crippen LogP contribution in [-0.4, -0.2) is 58.8 Å². The standard InChI is InChI=1S/C42H63N3O7SSi2/c1-30(2)55(31(3)4,32(5)6)44-29-34(28-37(40(46)51-10)43-53(49,50)36-22-20-35(21-23-36)45(47)48)39-33(18-17-19-38(39)44)24-27-42(25-15-13-14-16-26-42)52-54(11,12)41(7,8)9/h17-23,29-32,37,43H,13-16,25-26,28H2,1-12H3/t37-/m0/s1. The third-order valence-electron chi connectivity index (χ3n) is 12.3. The molecule has 10 nitrogen and oxygen atoms in total. The molecule has 2 aromatic carbocycles. The summed E-state index contributed by atoms with van der Waals surface area (Å²) < 4.78 is 44.9. The molecule has 3 aromatic rings. The van der Waals surface area contributed by atoms with E-state index in [2.05, 4.69) is 115 Å². The zero-order chi connectivity index (χ0) is 41.1. The Labute approximate surface area is 331 Å². The van der Waals surface area contributed by atoms with Gasteiger partial charge >= 0.3 is 5.97 Å². The Morgan fingerprint density at radius 2 is 1.53 bits per heavy atom. The molecule has 0 unspecified atom stereocenters. The van der Waals surface area contributed by atoms with E-state index in [-0.39, 0.29) is 22.0 Å². The molecule has 55 heavy (non-hydrogen) atoms. The molecule has 0 amide bonds. The van der Waals surface area contributed by atoms with Gasteiger partial charge in [0.15, 0.2) is 16.6 Å². The van der Waals surface area contributed by atoms with Crippen molar-refractivity contribution in [2.24, 2.45) is 0 Å². The van der Waals surface area contributed by atoms with Gasteiger partial charge in [-0.15, -0.1) is 0 Å². The van der Waals surface area contributed by atoms with Gasteiger partial charge in [0.25, 0.3) is 5.69 Å². The average molecular weight is 810 g/mol. The number of nitrogens with one attached hydrogen (secondary N) is 1. The first-order chi connectivity index (χ1) is 25.5. The molecule has 1 heterocycles. The van der Waals surface area contributed by atoms with E-state index in [4.69, 9.17) is 9.16 Å². The van der Waals surface area contributed by atoms with Crippen LogP contribution in [0, 0.1) is 22.0 Å². The summed E-state index contributed by atoms with van der Waals surface area (Å²) in [4.78, 5) is 23.9. The van der Waals surface area contributed by atoms with Gasteiger partial charge in [0.1, 0.15) is 11.6 Å². The first-order valence-electron chi connectivity index (χ1n) is 19.7. The molecular weight excluding hydrogens is 747 g/mol. The topological polar surface area (TPSA) is 130 Å². The number of methoxy groups -OCH3 is 1. The van der Waals surface area contributed by atoms with E-state index in [9.17, 15) is 23.3 Å². The lowest BCUT2D eigenvalue weighted by molar-refractivity contribution is -0.384. The summed E-state index contributed by atoms with van der Waals surface area (Å²) >= 11 is 0. The molecule has 0 radical (unpaired) electrons. The van der Waals surface area contributed by atoms with Crippen LogP contribution < -0.4 is 4.72 Å². The molecular formula is C42H63N3O7SSi2. The Bertz CT molecular complexity index is 1990. The van der Waals surface area contributed by atoms with Crippen LogP contribution in [0.4, 0.5) is 5.69 Å². The largest absolute Gasteiger partial charge is 0.468 e. The van der Waals surface area contributed by atoms with Crippen LogP contribution in [0.5, 0.6) is 0 Å². The first-order valence-corrected chi connectivity index (χ1v) is 26.3. The second-order valence-electron chi connectivity index (χ2n) is 17.7. The number of ether oxygens (including phenoxy) is 1. The summed E-state index contributed by atoms with van der Waals surface area (Å²) in [5, 5.41) is 12.2. The number of carbonyl (C=O) groups is 1. The number of esters is 1. The number of nitro benzene ring substituents is 1. The number of non-ortho nitro benzene ring substituents is 1. The van der Waals surface area contributed by atoms with Gasteiger partial charge in [-0.05, 0) is 96.5 Å². The number of hydrogen-bond acceptors (Lipinski definition) is 7. The fraction of sp³-hybridized carbons (Fsp3) is 0.595. The van der Waals surface area contributed by atoms with Crippen molar-refractivity contribution in [3.63, 3.8) is 0 Å². The molecule has 1 atom stereocenters. The lowest BCUT2D eigenvalue weighted by atomic mass is 9.94. The van der Waals surface area contributed by atoms with Gasteiger partial charge in [-0.1, -0.05) is 93.1 Å². The zero-order valence-electron chi connectivity index (χ0n) is 35.0. The summed E-state index contributed by atoms with van der Waals surface area (Å²) in [6.45, 7) is 25.1. The van der Waals surface area contributed by atoms with Crippen molar-refractivity contribution < 1.29 is 27.3 Å². The molecule has 0 aliphatic heterocycles. The maximum Gasteiger partial charge on any atom is 0.324 e. The van der Waals surface area contributed by atoms with Gasteiger partial charge in [-0.2, -0.15) is 4.72 Å². The molecule has 1 saturated carbocycles. The van der Waals surface area contributed by atoms with Crippen molar-refractivity contribution >= 4 is 49.1 Å². The minimum absolute atomic E-state index is 0.00541. The highest BCUT2D eigenvalue weighted by Crippen LogP contribution is 2.46. The summed E-state index contributed by atoms with van der Waals surface area (Å²) in [7, 11) is -7.60. The van der Waals surface area contributed by atoms with Crippen LogP contribution in [0.2, 0.25) is 34.8 Å². The second-order valence-corrected chi connectivity index (χ2v) is 29.9. The molecule has 1 fully saturated rings. The van der Waals surface area contributed by atoms with Crippen LogP contribution in [0.15, 0.2) is 53.6 Å². The Morgan fingerprint density at radius 3 is 2.02 bits per heavy atom. The second kappa shape index (κ2) is 17.1. The van der Waals surface area contributed by atoms with Crippen LogP contribution in [-0.2, 0) is 30.4 Å². The molecule has 1 aromatic heterocycles. The van der Waals surface area contributed by atoms with Crippen LogP contribution in [0.25, 0.3) is 10.9 Å². The van der Waals surface area contributed by atoms with Crippen LogP contribution in [0.1, 0.15) is 112 Å². The Hall–Kier alpha value is -3.29. The van der Waals surface area contributed by atoms with Crippen molar-refractivity contribution in [3.05, 3.63) is 69.9 Å². The van der Waals surface area contributed by atoms with E-state index in [1.54, 1.807) is 0 Å². The number of carbonyl (C=O) groups excluding carboxylic acids is 1. The van der Waals surface area contributed by atoms with Gasteiger partial charge in [0.2, 0.25) is 10.0 Å². The lowest BCUT2D eigenvalue weighted by Crippen LogP contribution is -2.51. The molecule has 1 aliphatic carbocycles. The molecule has 0 spiro atoms. The predicted octanol–water partition coefficient (Wildman–Crippen LogP) is 10.1. The average Bonchev–Trinajstić information content (AvgIpc) is 3.29. The van der Waals surface area contributed by atoms with Crippen molar-refractivity contribution in [3.8, 4) is 11.8 Å². The van der Waals surface area contributed by atoms with E-state index in [1.165, 1.54) is 7.11 Å². The number of nitrogens with zero attached hydrogens (tertiary/aromatic N) is 2. The van der Waals surface area contributed by atoms with E-state index < -0.39 is 49.1 Å². The zero-order valence-corrected chi connectivity index (χ0v) is 37.9. The number of aromatic nitrogens is 1. The quantitative estimate of drug-likeness (QED) is 0.0454. The van der Waals surface area contributed by atoms with Gasteiger partial charge in [0.05, 0.1) is 16.9 Å². The normalized spacial score (nSPS) is 16.2. The number of hydrogen-bond donors (Lipinski definition) is 1. The highest BCUT2D eigenvalue weighted by molar-refractivity contribution is 7.89. The molecule has 0 saturated heterocycles. The maximum atomic E-state index is 13.7. The minimum atomic E-state index is -4.28. The fourth-order valence-electron chi connectivity index (χ4n) is 8.69. The van der Waals surface area contributed by atoms with E-state index in [1.807, 2.05) is 6.07 Å². The number of nitro groups is 1. The Kier molecular flexibility index (Phi) is 13.8. The Morgan fingerprint density at radius 1 is 0.964 bits per heavy atom. The number of benzene rings is 2. The highest BCUT2D eigenvalue weighted by atomic mass is 32.2. The molecule has 13 heteroatoms. The van der Waals surface area contributed by atoms with Crippen molar-refractivity contribution in [1.82, 2.24) is 8.95 Å². The molecule has 0 bridgehead atoms. The smallest absolute Gasteiger partial charge is 0.324 e. The SMILES string of the molecule is COC(=O)[C@H](Cc1cn([Si](C(C)C)(C(C)C)C(C)C)c2cccc(C#CC3(O[Si](C)(C)C(C)(C)C)CCCCCC3)c12)NS(=O)(=O)c1ccc([N+](=O)[O-])cc1. The predicted molar refractivity (Wildman–Crippen MR) is 227 cm³/mol. The monoisotopic (exact) mass is 809 g/mol. The van der Waals surface area contributed by atoms with Crippen molar-refractivity contribution in [2.45, 2.75) is 159 Å². The first kappa shape index (κ1) is 44.4. The number of sulfonamides is 1. The summed E-state index contributed by atoms with van der Waals surface area (Å²) in [5.41, 5.74) is 2.88. The van der Waals surface area contributed by atoms with E-state index in [0.717, 1.165) is 84.8 Å². The Balaban J connectivity index is 1.98. The molecule has 1 N–H and O–H groups in total. The van der Waals surface area contributed by atoms with Gasteiger partial charge in [-0.3, -0.25) is 14.9 Å². The third kappa shape index (κ3) is 9.31. The van der Waals surface area contributed by atoms with Crippen LogP contribution in [0.3, 0.4) is 0 Å². The van der Waals surface area contributed by atoms with E-state index in [0.29, 0.717) is 16.6 Å². The third-order valence-corrected chi connectivity index (χ3v) is 25.0. The molecule has 302 valence electrons. The highest BCUT2D eigenvalue weighted by Gasteiger charge is 2.47. The fourth-order valence-corrected chi connectivity index (χ4v) is 18.1. The summed E-state index contributed by atoms with van der Waals surface area (Å²) in [6, 6.07) is 9.51. The van der Waals surface area contributed by atoms with Gasteiger partial charge in [0, 0.05) is 35.0 Å². The number of fused-ring (bicyclic) bond motifs is 1. The lowest BCUT2D eigenvalue weighted by Gasteiger charge is -2.44. The summed E-state index contributed by atoms with van der Waals surface area (Å²) in [6.07, 6.45) is 8.31. The van der Waals surface area contributed by atoms with Crippen LogP contribution >= 0.6 is 0 Å². The van der Waals surface area contributed by atoms with Crippen molar-refractivity contribution in [2.75, 3.05) is 7.11 Å². The van der Waals surface area contributed by atoms with E-state index >= 15 is 0 Å². The van der Waals surface area contributed by atoms with Crippen molar-refractivity contribution in [1.29, 1.82) is 0 Å². The maximum absolute atomic E-state index is 13.7. The summed E-state index contributed by atoms with van der Waals surface area (Å²) in [5.74, 6) is 6.62. The van der Waals surface area contributed by atoms with Gasteiger partial charge in [-0.25, -0.2) is 8.42 Å². The number of rotatable bonds is 13. The minimum Gasteiger partial charge on any atom is -0.468 e. The molecule has 4 rings (SSSR count). The molecule has 1 aliphatic rings.